The van der Waals surface area contributed by atoms with Crippen molar-refractivity contribution in [3.8, 4) is 27.9 Å². The van der Waals surface area contributed by atoms with Gasteiger partial charge in [-0.1, -0.05) is 78.9 Å². The molecule has 0 radical (unpaired) electrons. The van der Waals surface area contributed by atoms with Gasteiger partial charge in [0.15, 0.2) is 0 Å². The molecule has 2 heterocycles. The van der Waals surface area contributed by atoms with E-state index in [2.05, 4.69) is 144 Å². The third kappa shape index (κ3) is 3.33. The second-order valence-electron chi connectivity index (χ2n) is 11.7. The van der Waals surface area contributed by atoms with Crippen molar-refractivity contribution < 1.29 is 0 Å². The van der Waals surface area contributed by atoms with Crippen LogP contribution >= 0.6 is 11.3 Å². The van der Waals surface area contributed by atoms with E-state index in [4.69, 9.17) is 0 Å². The summed E-state index contributed by atoms with van der Waals surface area (Å²) >= 11 is 1.90. The molecule has 0 N–H and O–H groups in total. The molecule has 10 rings (SSSR count). The first kappa shape index (κ1) is 23.4. The quantitative estimate of drug-likeness (QED) is 0.197. The van der Waals surface area contributed by atoms with E-state index in [0.717, 1.165) is 6.42 Å². The first-order valence-corrected chi connectivity index (χ1v) is 15.7. The molecule has 0 atom stereocenters. The topological polar surface area (TPSA) is 4.93 Å². The van der Waals surface area contributed by atoms with Crippen molar-refractivity contribution in [2.45, 2.75) is 6.42 Å². The van der Waals surface area contributed by atoms with Crippen LogP contribution in [0.2, 0.25) is 0 Å². The summed E-state index contributed by atoms with van der Waals surface area (Å²) in [5.74, 6) is 0. The lowest BCUT2D eigenvalue weighted by Gasteiger charge is -2.10. The van der Waals surface area contributed by atoms with E-state index in [1.54, 1.807) is 0 Å². The number of nitrogens with zero attached hydrogens (tertiary/aromatic N) is 1. The summed E-state index contributed by atoms with van der Waals surface area (Å²) in [5.41, 5.74) is 11.8. The van der Waals surface area contributed by atoms with Crippen molar-refractivity contribution >= 4 is 64.1 Å². The first-order valence-electron chi connectivity index (χ1n) is 14.9. The number of thiophene rings is 1. The molecular weight excluding hydrogens is 539 g/mol. The van der Waals surface area contributed by atoms with Crippen LogP contribution in [0, 0.1) is 0 Å². The lowest BCUT2D eigenvalue weighted by Crippen LogP contribution is -1.92. The fourth-order valence-corrected chi connectivity index (χ4v) is 8.53. The van der Waals surface area contributed by atoms with Crippen molar-refractivity contribution in [1.29, 1.82) is 0 Å². The smallest absolute Gasteiger partial charge is 0.0541 e. The molecule has 200 valence electrons. The van der Waals surface area contributed by atoms with E-state index in [1.165, 1.54) is 91.8 Å². The highest BCUT2D eigenvalue weighted by molar-refractivity contribution is 7.26. The molecule has 0 aliphatic heterocycles. The third-order valence-corrected chi connectivity index (χ3v) is 10.5. The van der Waals surface area contributed by atoms with Gasteiger partial charge in [-0.3, -0.25) is 0 Å². The lowest BCUT2D eigenvalue weighted by molar-refractivity contribution is 1.18. The molecule has 0 fully saturated rings. The monoisotopic (exact) mass is 563 g/mol. The molecule has 43 heavy (non-hydrogen) atoms. The second kappa shape index (κ2) is 8.67. The van der Waals surface area contributed by atoms with Crippen LogP contribution in [0.4, 0.5) is 0 Å². The summed E-state index contributed by atoms with van der Waals surface area (Å²) in [6.45, 7) is 0. The number of rotatable bonds is 2. The Labute approximate surface area is 252 Å². The standard InChI is InChI=1S/C41H25NS/c1-2-8-30(9-3-1)42-37-12-6-4-10-31(37)36-22-26(16-18-38(36)42)25-14-15-27-20-29-24-35-28(23-34(29)33(27)21-25)17-19-40-41(35)32-11-5-7-13-39(32)43-40/h1-19,21-24H,20H2. The van der Waals surface area contributed by atoms with Gasteiger partial charge in [-0.25, -0.2) is 0 Å². The minimum atomic E-state index is 0.989. The minimum Gasteiger partial charge on any atom is -0.309 e. The van der Waals surface area contributed by atoms with Crippen LogP contribution in [0.5, 0.6) is 0 Å². The predicted molar refractivity (Wildman–Crippen MR) is 185 cm³/mol. The molecule has 1 aliphatic rings. The van der Waals surface area contributed by atoms with E-state index in [9.17, 15) is 0 Å². The molecule has 0 amide bonds. The van der Waals surface area contributed by atoms with Crippen LogP contribution in [0.15, 0.2) is 140 Å². The maximum Gasteiger partial charge on any atom is 0.0541 e. The zero-order valence-corrected chi connectivity index (χ0v) is 24.2. The van der Waals surface area contributed by atoms with E-state index in [0.29, 0.717) is 0 Å². The van der Waals surface area contributed by atoms with Crippen molar-refractivity contribution in [3.05, 3.63) is 151 Å². The molecular formula is C41H25NS. The Balaban J connectivity index is 1.13. The maximum absolute atomic E-state index is 2.47. The van der Waals surface area contributed by atoms with Crippen molar-refractivity contribution in [2.75, 3.05) is 0 Å². The van der Waals surface area contributed by atoms with Gasteiger partial charge in [0.2, 0.25) is 0 Å². The molecule has 1 aliphatic carbocycles. The van der Waals surface area contributed by atoms with E-state index >= 15 is 0 Å². The van der Waals surface area contributed by atoms with Crippen LogP contribution in [0.25, 0.3) is 80.7 Å². The lowest BCUT2D eigenvalue weighted by atomic mass is 9.95. The van der Waals surface area contributed by atoms with E-state index in [1.807, 2.05) is 11.3 Å². The van der Waals surface area contributed by atoms with Crippen LogP contribution in [0.3, 0.4) is 0 Å². The Morgan fingerprint density at radius 3 is 2.14 bits per heavy atom. The molecule has 0 saturated heterocycles. The van der Waals surface area contributed by atoms with Crippen molar-refractivity contribution in [2.24, 2.45) is 0 Å². The molecule has 0 saturated carbocycles. The van der Waals surface area contributed by atoms with Gasteiger partial charge >= 0.3 is 0 Å². The van der Waals surface area contributed by atoms with E-state index in [-0.39, 0.29) is 0 Å². The van der Waals surface area contributed by atoms with Gasteiger partial charge in [0.25, 0.3) is 0 Å². The van der Waals surface area contributed by atoms with Gasteiger partial charge in [-0.05, 0) is 111 Å². The first-order chi connectivity index (χ1) is 21.3. The molecule has 7 aromatic carbocycles. The summed E-state index contributed by atoms with van der Waals surface area (Å²) < 4.78 is 5.12. The Bertz CT molecular complexity index is 2580. The summed E-state index contributed by atoms with van der Waals surface area (Å²) in [5, 5.41) is 8.05. The molecule has 0 bridgehead atoms. The highest BCUT2D eigenvalue weighted by Gasteiger charge is 2.21. The average molecular weight is 564 g/mol. The molecule has 0 spiro atoms. The molecule has 2 heteroatoms. The fourth-order valence-electron chi connectivity index (χ4n) is 7.41. The van der Waals surface area contributed by atoms with Gasteiger partial charge < -0.3 is 4.57 Å². The van der Waals surface area contributed by atoms with Crippen LogP contribution < -0.4 is 0 Å². The molecule has 2 aromatic heterocycles. The normalized spacial score (nSPS) is 12.6. The summed E-state index contributed by atoms with van der Waals surface area (Å²) in [4.78, 5) is 0. The molecule has 9 aromatic rings. The number of hydrogen-bond acceptors (Lipinski definition) is 1. The number of para-hydroxylation sites is 2. The average Bonchev–Trinajstić information content (AvgIpc) is 3.72. The van der Waals surface area contributed by atoms with Gasteiger partial charge in [0.05, 0.1) is 11.0 Å². The zero-order chi connectivity index (χ0) is 28.1. The maximum atomic E-state index is 2.47. The third-order valence-electron chi connectivity index (χ3n) is 9.38. The van der Waals surface area contributed by atoms with Gasteiger partial charge in [-0.2, -0.15) is 0 Å². The van der Waals surface area contributed by atoms with Gasteiger partial charge in [-0.15, -0.1) is 11.3 Å². The Morgan fingerprint density at radius 2 is 1.21 bits per heavy atom. The van der Waals surface area contributed by atoms with Crippen LogP contribution in [-0.4, -0.2) is 4.57 Å². The van der Waals surface area contributed by atoms with Gasteiger partial charge in [0, 0.05) is 36.6 Å². The highest BCUT2D eigenvalue weighted by atomic mass is 32.1. The Morgan fingerprint density at radius 1 is 0.465 bits per heavy atom. The van der Waals surface area contributed by atoms with Gasteiger partial charge in [0.1, 0.15) is 0 Å². The number of aromatic nitrogens is 1. The fraction of sp³-hybridized carbons (Fsp3) is 0.0244. The van der Waals surface area contributed by atoms with Crippen molar-refractivity contribution in [3.63, 3.8) is 0 Å². The summed E-state index contributed by atoms with van der Waals surface area (Å²) in [6, 6.07) is 51.8. The summed E-state index contributed by atoms with van der Waals surface area (Å²) in [7, 11) is 0. The molecule has 0 unspecified atom stereocenters. The van der Waals surface area contributed by atoms with Crippen LogP contribution in [0.1, 0.15) is 11.1 Å². The summed E-state index contributed by atoms with van der Waals surface area (Å²) in [6.07, 6.45) is 0.989. The van der Waals surface area contributed by atoms with E-state index < -0.39 is 0 Å². The van der Waals surface area contributed by atoms with Crippen LogP contribution in [-0.2, 0) is 6.42 Å². The SMILES string of the molecule is c1ccc(-n2c3ccccc3c3cc(-c4ccc5c(c4)-c4cc6ccc7sc8ccccc8c7c6cc4C5)ccc32)cc1. The second-order valence-corrected chi connectivity index (χ2v) is 12.8. The zero-order valence-electron chi connectivity index (χ0n) is 23.3. The number of hydrogen-bond donors (Lipinski definition) is 0. The molecule has 1 nitrogen and oxygen atoms in total. The largest absolute Gasteiger partial charge is 0.309 e. The highest BCUT2D eigenvalue weighted by Crippen LogP contribution is 2.45. The van der Waals surface area contributed by atoms with Crippen molar-refractivity contribution in [1.82, 2.24) is 4.57 Å². The predicted octanol–water partition coefficient (Wildman–Crippen LogP) is 11.5. The Hall–Kier alpha value is -5.18. The minimum absolute atomic E-state index is 0.989. The number of benzene rings is 7. The number of fused-ring (bicyclic) bond motifs is 11. The Kier molecular flexibility index (Phi) is 4.72.